The molecule has 2 amide bonds. The van der Waals surface area contributed by atoms with E-state index < -0.39 is 29.1 Å². The van der Waals surface area contributed by atoms with E-state index in [0.717, 1.165) is 22.6 Å². The van der Waals surface area contributed by atoms with Gasteiger partial charge in [-0.3, -0.25) is 14.6 Å². The maximum absolute atomic E-state index is 13.8. The summed E-state index contributed by atoms with van der Waals surface area (Å²) in [6, 6.07) is 6.97. The van der Waals surface area contributed by atoms with Crippen LogP contribution in [0.2, 0.25) is 0 Å². The Bertz CT molecular complexity index is 747. The molecule has 124 valence electrons. The molecular weight excluding hydrogens is 316 g/mol. The first-order valence-electron chi connectivity index (χ1n) is 7.47. The van der Waals surface area contributed by atoms with Crippen molar-refractivity contribution in [3.63, 3.8) is 0 Å². The predicted octanol–water partition coefficient (Wildman–Crippen LogP) is 2.03. The number of benzene rings is 1. The normalized spacial score (nSPS) is 17.2. The number of halogens is 2. The minimum atomic E-state index is -0.820. The predicted molar refractivity (Wildman–Crippen MR) is 82.9 cm³/mol. The van der Waals surface area contributed by atoms with Crippen LogP contribution in [-0.2, 0) is 16.1 Å². The van der Waals surface area contributed by atoms with E-state index in [9.17, 15) is 18.4 Å². The molecule has 7 heteroatoms. The fourth-order valence-corrected chi connectivity index (χ4v) is 2.68. The second-order valence-electron chi connectivity index (χ2n) is 5.55. The number of anilines is 1. The molecule has 3 rings (SSSR count). The van der Waals surface area contributed by atoms with Crippen LogP contribution in [0.1, 0.15) is 12.0 Å². The van der Waals surface area contributed by atoms with Gasteiger partial charge in [-0.15, -0.1) is 0 Å². The highest BCUT2D eigenvalue weighted by atomic mass is 19.1. The summed E-state index contributed by atoms with van der Waals surface area (Å²) < 4.78 is 27.7. The number of nitrogens with zero attached hydrogens (tertiary/aromatic N) is 2. The summed E-state index contributed by atoms with van der Waals surface area (Å²) in [6.07, 6.45) is 3.18. The molecule has 0 aliphatic carbocycles. The van der Waals surface area contributed by atoms with Crippen LogP contribution in [-0.4, -0.2) is 23.3 Å². The lowest BCUT2D eigenvalue weighted by atomic mass is 10.1. The van der Waals surface area contributed by atoms with Crippen LogP contribution >= 0.6 is 0 Å². The summed E-state index contributed by atoms with van der Waals surface area (Å²) in [4.78, 5) is 29.2. The number of para-hydroxylation sites is 1. The Hall–Kier alpha value is -2.83. The van der Waals surface area contributed by atoms with Crippen LogP contribution in [0.25, 0.3) is 0 Å². The molecule has 0 spiro atoms. The van der Waals surface area contributed by atoms with Gasteiger partial charge in [0, 0.05) is 31.9 Å². The van der Waals surface area contributed by atoms with E-state index in [0.29, 0.717) is 0 Å². The van der Waals surface area contributed by atoms with Crippen molar-refractivity contribution >= 4 is 17.5 Å². The average Bonchev–Trinajstić information content (AvgIpc) is 2.95. The van der Waals surface area contributed by atoms with Gasteiger partial charge in [-0.25, -0.2) is 8.78 Å². The largest absolute Gasteiger partial charge is 0.352 e. The van der Waals surface area contributed by atoms with Crippen molar-refractivity contribution in [2.24, 2.45) is 5.92 Å². The topological polar surface area (TPSA) is 62.3 Å². The molecule has 1 saturated heterocycles. The number of pyridine rings is 1. The van der Waals surface area contributed by atoms with Crippen LogP contribution in [0, 0.1) is 17.6 Å². The van der Waals surface area contributed by atoms with Gasteiger partial charge < -0.3 is 10.2 Å². The maximum Gasteiger partial charge on any atom is 0.228 e. The summed E-state index contributed by atoms with van der Waals surface area (Å²) in [7, 11) is 0. The van der Waals surface area contributed by atoms with Gasteiger partial charge in [0.1, 0.15) is 17.3 Å². The van der Waals surface area contributed by atoms with E-state index in [1.165, 1.54) is 6.07 Å². The monoisotopic (exact) mass is 331 g/mol. The third-order valence-corrected chi connectivity index (χ3v) is 3.89. The molecule has 1 aliphatic heterocycles. The van der Waals surface area contributed by atoms with E-state index in [2.05, 4.69) is 10.3 Å². The zero-order chi connectivity index (χ0) is 17.1. The fourth-order valence-electron chi connectivity index (χ4n) is 2.68. The van der Waals surface area contributed by atoms with Crippen LogP contribution in [0.4, 0.5) is 14.5 Å². The number of rotatable bonds is 4. The minimum absolute atomic E-state index is 0.0461. The number of hydrogen-bond donors (Lipinski definition) is 1. The van der Waals surface area contributed by atoms with Crippen molar-refractivity contribution in [2.45, 2.75) is 13.0 Å². The van der Waals surface area contributed by atoms with Crippen molar-refractivity contribution in [3.05, 3.63) is 59.9 Å². The molecule has 1 aromatic heterocycles. The molecule has 24 heavy (non-hydrogen) atoms. The van der Waals surface area contributed by atoms with Gasteiger partial charge in [0.2, 0.25) is 11.8 Å². The van der Waals surface area contributed by atoms with E-state index in [4.69, 9.17) is 0 Å². The number of amides is 2. The molecule has 1 N–H and O–H groups in total. The Balaban J connectivity index is 1.67. The summed E-state index contributed by atoms with van der Waals surface area (Å²) in [6.45, 7) is 0.237. The summed E-state index contributed by atoms with van der Waals surface area (Å²) in [5, 5.41) is 2.72. The summed E-state index contributed by atoms with van der Waals surface area (Å²) in [5.74, 6) is -3.08. The first-order valence-corrected chi connectivity index (χ1v) is 7.47. The summed E-state index contributed by atoms with van der Waals surface area (Å²) >= 11 is 0. The van der Waals surface area contributed by atoms with Crippen molar-refractivity contribution in [3.8, 4) is 0 Å². The van der Waals surface area contributed by atoms with E-state index in [-0.39, 0.29) is 25.4 Å². The molecule has 1 aromatic carbocycles. The first-order chi connectivity index (χ1) is 11.6. The number of nitrogens with one attached hydrogen (secondary N) is 1. The van der Waals surface area contributed by atoms with Crippen LogP contribution in [0.3, 0.4) is 0 Å². The highest BCUT2D eigenvalue weighted by molar-refractivity contribution is 6.00. The molecule has 2 aromatic rings. The fraction of sp³-hybridized carbons (Fsp3) is 0.235. The molecule has 0 radical (unpaired) electrons. The zero-order valence-corrected chi connectivity index (χ0v) is 12.7. The van der Waals surface area contributed by atoms with Gasteiger partial charge in [0.05, 0.1) is 5.92 Å². The van der Waals surface area contributed by atoms with Crippen LogP contribution in [0.5, 0.6) is 0 Å². The second kappa shape index (κ2) is 6.74. The number of aromatic nitrogens is 1. The summed E-state index contributed by atoms with van der Waals surface area (Å²) in [5.41, 5.74) is 0.428. The van der Waals surface area contributed by atoms with E-state index in [1.54, 1.807) is 18.5 Å². The lowest BCUT2D eigenvalue weighted by Crippen LogP contribution is -2.33. The molecular formula is C17H15F2N3O2. The van der Waals surface area contributed by atoms with E-state index >= 15 is 0 Å². The van der Waals surface area contributed by atoms with Crippen LogP contribution < -0.4 is 10.2 Å². The Kier molecular flexibility index (Phi) is 4.50. The Morgan fingerprint density at radius 1 is 1.25 bits per heavy atom. The quantitative estimate of drug-likeness (QED) is 0.932. The van der Waals surface area contributed by atoms with Crippen molar-refractivity contribution in [1.29, 1.82) is 0 Å². The highest BCUT2D eigenvalue weighted by Crippen LogP contribution is 2.29. The Labute approximate surface area is 137 Å². The third-order valence-electron chi connectivity index (χ3n) is 3.89. The van der Waals surface area contributed by atoms with Crippen molar-refractivity contribution in [2.75, 3.05) is 11.4 Å². The van der Waals surface area contributed by atoms with Gasteiger partial charge in [-0.05, 0) is 23.8 Å². The average molecular weight is 331 g/mol. The van der Waals surface area contributed by atoms with Crippen molar-refractivity contribution < 1.29 is 18.4 Å². The number of carbonyl (C=O) groups is 2. The van der Waals surface area contributed by atoms with E-state index in [1.807, 2.05) is 6.07 Å². The van der Waals surface area contributed by atoms with Crippen molar-refractivity contribution in [1.82, 2.24) is 10.3 Å². The molecule has 1 aliphatic rings. The maximum atomic E-state index is 13.8. The lowest BCUT2D eigenvalue weighted by molar-refractivity contribution is -0.126. The third kappa shape index (κ3) is 3.24. The van der Waals surface area contributed by atoms with Gasteiger partial charge in [0.15, 0.2) is 0 Å². The zero-order valence-electron chi connectivity index (χ0n) is 12.7. The van der Waals surface area contributed by atoms with Gasteiger partial charge in [-0.1, -0.05) is 12.1 Å². The SMILES string of the molecule is O=C(NCc1cccnc1)C1CC(=O)N(c2c(F)cccc2F)C1. The molecule has 1 unspecified atom stereocenters. The second-order valence-corrected chi connectivity index (χ2v) is 5.55. The molecule has 1 fully saturated rings. The minimum Gasteiger partial charge on any atom is -0.352 e. The Morgan fingerprint density at radius 3 is 2.67 bits per heavy atom. The molecule has 1 atom stereocenters. The first kappa shape index (κ1) is 16.0. The van der Waals surface area contributed by atoms with Gasteiger partial charge in [-0.2, -0.15) is 0 Å². The lowest BCUT2D eigenvalue weighted by Gasteiger charge is -2.18. The molecule has 5 nitrogen and oxygen atoms in total. The molecule has 0 saturated carbocycles. The molecule has 2 heterocycles. The molecule has 0 bridgehead atoms. The highest BCUT2D eigenvalue weighted by Gasteiger charge is 2.37. The standard InChI is InChI=1S/C17H15F2N3O2/c18-13-4-1-5-14(19)16(13)22-10-12(7-15(22)23)17(24)21-9-11-3-2-6-20-8-11/h1-6,8,12H,7,9-10H2,(H,21,24). The number of hydrogen-bond acceptors (Lipinski definition) is 3. The number of carbonyl (C=O) groups excluding carboxylic acids is 2. The Morgan fingerprint density at radius 2 is 2.00 bits per heavy atom. The van der Waals surface area contributed by atoms with Crippen LogP contribution in [0.15, 0.2) is 42.7 Å². The van der Waals surface area contributed by atoms with Gasteiger partial charge >= 0.3 is 0 Å². The van der Waals surface area contributed by atoms with Gasteiger partial charge in [0.25, 0.3) is 0 Å². The smallest absolute Gasteiger partial charge is 0.228 e.